The third-order valence-corrected chi connectivity index (χ3v) is 11.2. The molecule has 1 fully saturated rings. The normalized spacial score (nSPS) is 25.2. The van der Waals surface area contributed by atoms with Crippen molar-refractivity contribution < 1.29 is 23.4 Å². The summed E-state index contributed by atoms with van der Waals surface area (Å²) in [6.45, 7) is 14.0. The number of halogens is 3. The molecule has 0 radical (unpaired) electrons. The van der Waals surface area contributed by atoms with E-state index in [1.54, 1.807) is 23.0 Å². The molecule has 1 unspecified atom stereocenters. The summed E-state index contributed by atoms with van der Waals surface area (Å²) in [5.41, 5.74) is -1.32. The summed E-state index contributed by atoms with van der Waals surface area (Å²) in [7, 11) is -1.47. The summed E-state index contributed by atoms with van der Waals surface area (Å²) in [4.78, 5) is 18.9. The van der Waals surface area contributed by atoms with Gasteiger partial charge in [0.05, 0.1) is 18.4 Å². The molecule has 40 heavy (non-hydrogen) atoms. The lowest BCUT2D eigenvalue weighted by Crippen LogP contribution is -2.54. The van der Waals surface area contributed by atoms with Gasteiger partial charge in [0, 0.05) is 40.8 Å². The Labute approximate surface area is 248 Å². The van der Waals surface area contributed by atoms with Crippen LogP contribution in [0.15, 0.2) is 33.9 Å². The third-order valence-electron chi connectivity index (χ3n) is 7.53. The molecule has 220 valence electrons. The monoisotopic (exact) mass is 657 g/mol. The van der Waals surface area contributed by atoms with Gasteiger partial charge in [-0.05, 0) is 37.6 Å². The van der Waals surface area contributed by atoms with Gasteiger partial charge in [0.1, 0.15) is 24.3 Å². The van der Waals surface area contributed by atoms with Crippen molar-refractivity contribution in [3.63, 3.8) is 0 Å². The molecule has 0 saturated heterocycles. The molecule has 4 atom stereocenters. The van der Waals surface area contributed by atoms with Gasteiger partial charge in [-0.25, -0.2) is 28.1 Å². The minimum atomic E-state index is -1.61. The van der Waals surface area contributed by atoms with Crippen LogP contribution in [-0.2, 0) is 16.8 Å². The van der Waals surface area contributed by atoms with Crippen LogP contribution in [0, 0.1) is 24.1 Å². The van der Waals surface area contributed by atoms with Crippen molar-refractivity contribution in [1.82, 2.24) is 19.9 Å². The molecular weight excluding hydrogens is 620 g/mol. The predicted octanol–water partition coefficient (Wildman–Crippen LogP) is 6.92. The first-order valence-electron chi connectivity index (χ1n) is 13.3. The summed E-state index contributed by atoms with van der Waals surface area (Å²) in [5, 5.41) is 18.8. The molecular formula is C27H38BrF2N5O3SSi. The zero-order chi connectivity index (χ0) is 29.7. The Balaban J connectivity index is 1.85. The number of amides is 1. The molecule has 13 heteroatoms. The van der Waals surface area contributed by atoms with E-state index < -0.39 is 48.6 Å². The molecule has 0 bridgehead atoms. The van der Waals surface area contributed by atoms with Crippen LogP contribution in [0.4, 0.5) is 13.6 Å². The maximum Gasteiger partial charge on any atom is 0.415 e. The Morgan fingerprint density at radius 2 is 2.08 bits per heavy atom. The number of alkyl halides is 1. The van der Waals surface area contributed by atoms with E-state index >= 15 is 8.78 Å². The molecule has 1 amide bonds. The van der Waals surface area contributed by atoms with Crippen LogP contribution < -0.4 is 0 Å². The zero-order valence-corrected chi connectivity index (χ0v) is 27.4. The number of carbonyl (C=O) groups is 1. The van der Waals surface area contributed by atoms with E-state index in [1.807, 2.05) is 27.7 Å². The number of rotatable bonds is 9. The highest BCUT2D eigenvalue weighted by Gasteiger charge is 2.69. The quantitative estimate of drug-likeness (QED) is 0.232. The molecule has 1 aromatic carbocycles. The van der Waals surface area contributed by atoms with Gasteiger partial charge in [-0.15, -0.1) is 5.10 Å². The molecule has 0 spiro atoms. The highest BCUT2D eigenvalue weighted by Crippen LogP contribution is 2.67. The van der Waals surface area contributed by atoms with Crippen LogP contribution in [0.5, 0.6) is 0 Å². The first-order valence-corrected chi connectivity index (χ1v) is 18.6. The Morgan fingerprint density at radius 3 is 2.62 bits per heavy atom. The second-order valence-electron chi connectivity index (χ2n) is 13.1. The van der Waals surface area contributed by atoms with Crippen LogP contribution in [0.2, 0.25) is 25.7 Å². The van der Waals surface area contributed by atoms with Crippen LogP contribution in [-0.4, -0.2) is 68.6 Å². The van der Waals surface area contributed by atoms with E-state index in [4.69, 9.17) is 9.73 Å². The van der Waals surface area contributed by atoms with Crippen molar-refractivity contribution in [2.75, 3.05) is 13.3 Å². The van der Waals surface area contributed by atoms with Crippen molar-refractivity contribution in [3.05, 3.63) is 45.9 Å². The van der Waals surface area contributed by atoms with Gasteiger partial charge >= 0.3 is 6.09 Å². The van der Waals surface area contributed by atoms with Crippen molar-refractivity contribution in [2.24, 2.45) is 16.3 Å². The lowest BCUT2D eigenvalue weighted by molar-refractivity contribution is -0.0761. The highest BCUT2D eigenvalue weighted by atomic mass is 79.9. The van der Waals surface area contributed by atoms with E-state index in [2.05, 4.69) is 45.9 Å². The maximum absolute atomic E-state index is 15.4. The van der Waals surface area contributed by atoms with Gasteiger partial charge in [0.25, 0.3) is 0 Å². The number of benzene rings is 1. The lowest BCUT2D eigenvalue weighted by Gasteiger charge is -2.43. The van der Waals surface area contributed by atoms with Gasteiger partial charge in [0.2, 0.25) is 0 Å². The number of nitrogens with zero attached hydrogens (tertiary/aromatic N) is 5. The molecule has 1 saturated carbocycles. The number of fused-ring (bicyclic) bond motifs is 1. The summed E-state index contributed by atoms with van der Waals surface area (Å²) in [5.74, 6) is -0.975. The summed E-state index contributed by atoms with van der Waals surface area (Å²) < 4.78 is 38.8. The van der Waals surface area contributed by atoms with Crippen LogP contribution >= 0.6 is 27.7 Å². The van der Waals surface area contributed by atoms with Gasteiger partial charge < -0.3 is 9.84 Å². The fourth-order valence-corrected chi connectivity index (χ4v) is 7.94. The number of carboxylic acid groups (broad SMARTS) is 1. The van der Waals surface area contributed by atoms with E-state index in [-0.39, 0.29) is 16.6 Å². The Morgan fingerprint density at radius 1 is 1.38 bits per heavy atom. The molecule has 4 rings (SSSR count). The lowest BCUT2D eigenvalue weighted by atomic mass is 9.85. The Hall–Kier alpha value is -1.83. The second-order valence-corrected chi connectivity index (χ2v) is 21.0. The number of aryl methyl sites for hydroxylation is 1. The summed E-state index contributed by atoms with van der Waals surface area (Å²) >= 11 is 4.69. The van der Waals surface area contributed by atoms with E-state index in [9.17, 15) is 9.90 Å². The van der Waals surface area contributed by atoms with Gasteiger partial charge in [-0.3, -0.25) is 0 Å². The van der Waals surface area contributed by atoms with Crippen molar-refractivity contribution in [1.29, 1.82) is 0 Å². The van der Waals surface area contributed by atoms with Crippen molar-refractivity contribution in [3.8, 4) is 0 Å². The largest absolute Gasteiger partial charge is 0.465 e. The molecule has 2 aromatic rings. The molecule has 1 N–H and O–H groups in total. The number of hydrogen-bond donors (Lipinski definition) is 1. The average Bonchev–Trinajstić information content (AvgIpc) is 3.43. The third kappa shape index (κ3) is 6.17. The van der Waals surface area contributed by atoms with Crippen LogP contribution in [0.1, 0.15) is 38.4 Å². The Kier molecular flexibility index (Phi) is 8.64. The molecule has 2 aliphatic rings. The standard InChI is InChI=1S/C27H38BrF2N5O3SSi/c1-17-14-31-33-34(17)16-26-13-21(26)27(15-29,19-12-18(28)8-9-20(19)30)32-23(39-26)35(24(36)37)22(25(2,3)4)38-10-11-40(5,6)7/h8-9,12,14,21-22H,10-11,13,15-16H2,1-7H3,(H,36,37)/t21-,22?,26-,27-/m1/s1. The average molecular weight is 659 g/mol. The minimum absolute atomic E-state index is 0.0988. The van der Waals surface area contributed by atoms with E-state index in [1.165, 1.54) is 17.8 Å². The van der Waals surface area contributed by atoms with Crippen molar-refractivity contribution in [2.45, 2.75) is 82.9 Å². The number of aliphatic imine (C=N–C) groups is 1. The van der Waals surface area contributed by atoms with Crippen LogP contribution in [0.25, 0.3) is 0 Å². The molecule has 1 aliphatic carbocycles. The Bertz CT molecular complexity index is 1300. The number of hydrogen-bond acceptors (Lipinski definition) is 6. The van der Waals surface area contributed by atoms with Crippen LogP contribution in [0.3, 0.4) is 0 Å². The SMILES string of the molecule is Cc1cnnn1C[C@]12C[C@H]1[C@@](CF)(c1cc(Br)ccc1F)N=C(N(C(=O)O)C(OCC[Si](C)(C)C)C(C)(C)C)S2. The van der Waals surface area contributed by atoms with E-state index in [0.717, 1.165) is 16.6 Å². The first-order chi connectivity index (χ1) is 18.5. The summed E-state index contributed by atoms with van der Waals surface area (Å²) in [6, 6.07) is 5.23. The maximum atomic E-state index is 15.4. The first kappa shape index (κ1) is 31.1. The number of thioether (sulfide) groups is 1. The number of amidine groups is 1. The molecule has 8 nitrogen and oxygen atoms in total. The van der Waals surface area contributed by atoms with E-state index in [0.29, 0.717) is 24.0 Å². The number of aromatic nitrogens is 3. The fourth-order valence-electron chi connectivity index (χ4n) is 5.23. The topological polar surface area (TPSA) is 92.8 Å². The van der Waals surface area contributed by atoms with Crippen molar-refractivity contribution >= 4 is 47.0 Å². The zero-order valence-electron chi connectivity index (χ0n) is 24.0. The molecule has 1 aliphatic heterocycles. The second kappa shape index (κ2) is 11.1. The fraction of sp³-hybridized carbons (Fsp3) is 0.630. The summed E-state index contributed by atoms with van der Waals surface area (Å²) in [6.07, 6.45) is -0.00633. The highest BCUT2D eigenvalue weighted by molar-refractivity contribution is 9.10. The minimum Gasteiger partial charge on any atom is -0.465 e. The molecule has 2 heterocycles. The molecule has 1 aromatic heterocycles. The van der Waals surface area contributed by atoms with Gasteiger partial charge in [-0.2, -0.15) is 0 Å². The van der Waals surface area contributed by atoms with Gasteiger partial charge in [0.15, 0.2) is 5.17 Å². The predicted molar refractivity (Wildman–Crippen MR) is 160 cm³/mol. The number of ether oxygens (including phenoxy) is 1. The smallest absolute Gasteiger partial charge is 0.415 e. The van der Waals surface area contributed by atoms with Gasteiger partial charge in [-0.1, -0.05) is 73.3 Å².